The quantitative estimate of drug-likeness (QED) is 0.916. The smallest absolute Gasteiger partial charge is 0.255 e. The van der Waals surface area contributed by atoms with Crippen LogP contribution in [0.3, 0.4) is 0 Å². The van der Waals surface area contributed by atoms with Gasteiger partial charge in [-0.2, -0.15) is 0 Å². The van der Waals surface area contributed by atoms with Gasteiger partial charge in [0.15, 0.2) is 0 Å². The molecule has 140 valence electrons. The Bertz CT molecular complexity index is 810. The van der Waals surface area contributed by atoms with Crippen molar-refractivity contribution >= 4 is 5.91 Å². The van der Waals surface area contributed by atoms with Crippen molar-refractivity contribution in [3.8, 4) is 0 Å². The minimum Gasteiger partial charge on any atom is -0.385 e. The summed E-state index contributed by atoms with van der Waals surface area (Å²) in [5.74, 6) is 0.997. The Morgan fingerprint density at radius 1 is 1.23 bits per heavy atom. The molecule has 1 aliphatic heterocycles. The average molecular weight is 356 g/mol. The van der Waals surface area contributed by atoms with E-state index in [4.69, 9.17) is 0 Å². The predicted octanol–water partition coefficient (Wildman–Crippen LogP) is 2.76. The zero-order chi connectivity index (χ0) is 18.4. The van der Waals surface area contributed by atoms with Crippen LogP contribution in [0.5, 0.6) is 0 Å². The summed E-state index contributed by atoms with van der Waals surface area (Å²) in [5.41, 5.74) is 3.14. The maximum absolute atomic E-state index is 13.0. The normalized spacial score (nSPS) is 19.8. The molecule has 6 heteroatoms. The second kappa shape index (κ2) is 6.58. The van der Waals surface area contributed by atoms with Crippen molar-refractivity contribution in [2.75, 3.05) is 13.1 Å². The molecule has 0 bridgehead atoms. The van der Waals surface area contributed by atoms with Gasteiger partial charge < -0.3 is 19.1 Å². The number of likely N-dealkylation sites (tertiary alicyclic amines) is 1. The number of aromatic nitrogens is 3. The van der Waals surface area contributed by atoms with Crippen LogP contribution >= 0.6 is 0 Å². The average Bonchev–Trinajstić information content (AvgIpc) is 3.30. The van der Waals surface area contributed by atoms with E-state index < -0.39 is 6.10 Å². The Hall–Kier alpha value is -2.08. The van der Waals surface area contributed by atoms with Crippen LogP contribution in [0.15, 0.2) is 18.5 Å². The molecule has 2 aliphatic rings. The second-order valence-electron chi connectivity index (χ2n) is 7.86. The van der Waals surface area contributed by atoms with Gasteiger partial charge in [-0.05, 0) is 51.5 Å². The lowest BCUT2D eigenvalue weighted by molar-refractivity contribution is 0.0419. The van der Waals surface area contributed by atoms with Gasteiger partial charge >= 0.3 is 0 Å². The van der Waals surface area contributed by atoms with Crippen LogP contribution in [0, 0.1) is 19.8 Å². The molecular formula is C20H28N4O2. The number of nitrogens with zero attached hydrogens (tertiary/aromatic N) is 4. The summed E-state index contributed by atoms with van der Waals surface area (Å²) >= 11 is 0. The number of aliphatic hydroxyl groups is 1. The Kier molecular flexibility index (Phi) is 4.39. The third-order valence-electron chi connectivity index (χ3n) is 6.02. The molecule has 26 heavy (non-hydrogen) atoms. The Morgan fingerprint density at radius 2 is 1.92 bits per heavy atom. The number of carbonyl (C=O) groups is 1. The molecule has 0 aromatic carbocycles. The van der Waals surface area contributed by atoms with Gasteiger partial charge in [0.2, 0.25) is 0 Å². The molecule has 1 saturated heterocycles. The van der Waals surface area contributed by atoms with Crippen molar-refractivity contribution in [1.29, 1.82) is 0 Å². The summed E-state index contributed by atoms with van der Waals surface area (Å²) in [5, 5.41) is 10.6. The van der Waals surface area contributed by atoms with E-state index >= 15 is 0 Å². The third kappa shape index (κ3) is 2.96. The minimum absolute atomic E-state index is 0.134. The number of imidazole rings is 1. The van der Waals surface area contributed by atoms with Crippen LogP contribution in [-0.2, 0) is 7.05 Å². The fraction of sp³-hybridized carbons (Fsp3) is 0.600. The molecular weight excluding hydrogens is 328 g/mol. The monoisotopic (exact) mass is 356 g/mol. The van der Waals surface area contributed by atoms with Crippen LogP contribution in [0.25, 0.3) is 0 Å². The summed E-state index contributed by atoms with van der Waals surface area (Å²) < 4.78 is 4.19. The van der Waals surface area contributed by atoms with Crippen LogP contribution < -0.4 is 0 Å². The van der Waals surface area contributed by atoms with Gasteiger partial charge in [-0.15, -0.1) is 0 Å². The van der Waals surface area contributed by atoms with Gasteiger partial charge in [-0.3, -0.25) is 4.79 Å². The van der Waals surface area contributed by atoms with E-state index in [-0.39, 0.29) is 11.8 Å². The van der Waals surface area contributed by atoms with E-state index in [1.807, 2.05) is 28.8 Å². The van der Waals surface area contributed by atoms with E-state index in [1.165, 1.54) is 18.5 Å². The molecule has 1 N–H and O–H groups in total. The highest BCUT2D eigenvalue weighted by Gasteiger charge is 2.33. The number of carbonyl (C=O) groups excluding carboxylic acids is 1. The van der Waals surface area contributed by atoms with Gasteiger partial charge in [0.25, 0.3) is 5.91 Å². The number of amides is 1. The van der Waals surface area contributed by atoms with Gasteiger partial charge in [0.1, 0.15) is 11.9 Å². The fourth-order valence-corrected chi connectivity index (χ4v) is 4.35. The first-order chi connectivity index (χ1) is 12.5. The zero-order valence-electron chi connectivity index (χ0n) is 15.9. The highest BCUT2D eigenvalue weighted by Crippen LogP contribution is 2.39. The Labute approximate surface area is 154 Å². The summed E-state index contributed by atoms with van der Waals surface area (Å²) in [6, 6.07) is 2.64. The molecule has 1 saturated carbocycles. The van der Waals surface area contributed by atoms with Gasteiger partial charge in [-0.25, -0.2) is 4.98 Å². The van der Waals surface area contributed by atoms with Crippen molar-refractivity contribution in [2.45, 2.75) is 51.7 Å². The van der Waals surface area contributed by atoms with Crippen molar-refractivity contribution < 1.29 is 9.90 Å². The Morgan fingerprint density at radius 3 is 2.50 bits per heavy atom. The molecule has 0 spiro atoms. The first kappa shape index (κ1) is 17.3. The molecule has 1 unspecified atom stereocenters. The minimum atomic E-state index is -0.563. The number of hydrogen-bond acceptors (Lipinski definition) is 3. The van der Waals surface area contributed by atoms with Crippen LogP contribution in [0.2, 0.25) is 0 Å². The van der Waals surface area contributed by atoms with E-state index in [0.717, 1.165) is 24.1 Å². The van der Waals surface area contributed by atoms with Crippen molar-refractivity contribution in [2.24, 2.45) is 13.0 Å². The predicted molar refractivity (Wildman–Crippen MR) is 99.0 cm³/mol. The van der Waals surface area contributed by atoms with Crippen LogP contribution in [0.4, 0.5) is 0 Å². The first-order valence-corrected chi connectivity index (χ1v) is 9.60. The SMILES string of the molecule is Cc1cc(C(=O)N2CCC(C(O)c3nccn3C)CC2)c(C)n1C1CC1. The first-order valence-electron chi connectivity index (χ1n) is 9.60. The molecule has 2 aromatic heterocycles. The molecule has 2 aromatic rings. The number of aliphatic hydroxyl groups excluding tert-OH is 1. The molecule has 1 aliphatic carbocycles. The second-order valence-corrected chi connectivity index (χ2v) is 7.86. The molecule has 2 fully saturated rings. The molecule has 1 atom stereocenters. The zero-order valence-corrected chi connectivity index (χ0v) is 15.9. The summed E-state index contributed by atoms with van der Waals surface area (Å²) in [4.78, 5) is 19.2. The molecule has 0 radical (unpaired) electrons. The van der Waals surface area contributed by atoms with E-state index in [9.17, 15) is 9.90 Å². The van der Waals surface area contributed by atoms with E-state index in [1.54, 1.807) is 6.20 Å². The summed E-state index contributed by atoms with van der Waals surface area (Å²) in [6.45, 7) is 5.55. The molecule has 4 rings (SSSR count). The largest absolute Gasteiger partial charge is 0.385 e. The molecule has 6 nitrogen and oxygen atoms in total. The number of hydrogen-bond donors (Lipinski definition) is 1. The topological polar surface area (TPSA) is 63.3 Å². The highest BCUT2D eigenvalue weighted by molar-refractivity contribution is 5.95. The summed E-state index contributed by atoms with van der Waals surface area (Å²) in [7, 11) is 1.90. The van der Waals surface area contributed by atoms with E-state index in [0.29, 0.717) is 25.0 Å². The van der Waals surface area contributed by atoms with Crippen LogP contribution in [0.1, 0.15) is 65.4 Å². The standard InChI is InChI=1S/C20H28N4O2/c1-13-12-17(14(2)24(13)16-4-5-16)20(26)23-9-6-15(7-10-23)18(25)19-21-8-11-22(19)3/h8,11-12,15-16,18,25H,4-7,9-10H2,1-3H3. The van der Waals surface area contributed by atoms with Gasteiger partial charge in [-0.1, -0.05) is 0 Å². The number of aryl methyl sites for hydroxylation is 2. The maximum Gasteiger partial charge on any atom is 0.255 e. The Balaban J connectivity index is 1.43. The number of rotatable bonds is 4. The lowest BCUT2D eigenvalue weighted by atomic mass is 9.90. The lowest BCUT2D eigenvalue weighted by Gasteiger charge is -2.34. The van der Waals surface area contributed by atoms with Gasteiger partial charge in [0, 0.05) is 50.0 Å². The molecule has 1 amide bonds. The van der Waals surface area contributed by atoms with Crippen LogP contribution in [-0.4, -0.2) is 43.1 Å². The lowest BCUT2D eigenvalue weighted by Crippen LogP contribution is -2.40. The summed E-state index contributed by atoms with van der Waals surface area (Å²) in [6.07, 6.45) is 7.07. The van der Waals surface area contributed by atoms with E-state index in [2.05, 4.69) is 23.4 Å². The maximum atomic E-state index is 13.0. The van der Waals surface area contributed by atoms with Crippen molar-refractivity contribution in [3.63, 3.8) is 0 Å². The third-order valence-corrected chi connectivity index (χ3v) is 6.02. The highest BCUT2D eigenvalue weighted by atomic mass is 16.3. The fourth-order valence-electron chi connectivity index (χ4n) is 4.35. The van der Waals surface area contributed by atoms with Crippen molar-refractivity contribution in [1.82, 2.24) is 19.0 Å². The molecule has 3 heterocycles. The van der Waals surface area contributed by atoms with Crippen molar-refractivity contribution in [3.05, 3.63) is 41.2 Å². The van der Waals surface area contributed by atoms with Gasteiger partial charge in [0.05, 0.1) is 5.56 Å². The number of piperidine rings is 1.